The second kappa shape index (κ2) is 6.91. The zero-order valence-electron chi connectivity index (χ0n) is 12.8. The summed E-state index contributed by atoms with van der Waals surface area (Å²) in [5.74, 6) is -3.06. The van der Waals surface area contributed by atoms with Crippen molar-refractivity contribution in [1.82, 2.24) is 15.3 Å². The first-order valence-corrected chi connectivity index (χ1v) is 7.40. The number of aromatic nitrogens is 2. The van der Waals surface area contributed by atoms with Crippen molar-refractivity contribution in [2.45, 2.75) is 19.8 Å². The molecule has 0 saturated heterocycles. The van der Waals surface area contributed by atoms with Crippen LogP contribution in [-0.4, -0.2) is 16.5 Å². The summed E-state index contributed by atoms with van der Waals surface area (Å²) in [5, 5.41) is 6.29. The number of halogens is 3. The van der Waals surface area contributed by atoms with Crippen LogP contribution >= 0.6 is 11.6 Å². The van der Waals surface area contributed by atoms with E-state index in [0.717, 1.165) is 6.92 Å². The van der Waals surface area contributed by atoms with Gasteiger partial charge < -0.3 is 10.6 Å². The summed E-state index contributed by atoms with van der Waals surface area (Å²) >= 11 is 5.90. The van der Waals surface area contributed by atoms with E-state index in [0.29, 0.717) is 23.0 Å². The molecule has 0 atom stereocenters. The van der Waals surface area contributed by atoms with Crippen LogP contribution in [0.2, 0.25) is 5.02 Å². The van der Waals surface area contributed by atoms with Gasteiger partial charge in [-0.3, -0.25) is 0 Å². The van der Waals surface area contributed by atoms with Gasteiger partial charge in [-0.05, 0) is 25.1 Å². The molecule has 0 radical (unpaired) electrons. The Morgan fingerprint density at radius 2 is 2.13 bits per heavy atom. The number of rotatable bonds is 6. The summed E-state index contributed by atoms with van der Waals surface area (Å²) in [4.78, 5) is 8.04. The maximum absolute atomic E-state index is 13.9. The van der Waals surface area contributed by atoms with Gasteiger partial charge in [-0.1, -0.05) is 24.2 Å². The standard InChI is InChI=1S/C16H17ClF2N4/c1-4-20-10(2)13-9-21-15(23-14(13)16(3,18)19)22-12-7-5-6-11(17)8-12/h5-9,20H,2,4H2,1,3H3,(H,21,22,23). The smallest absolute Gasteiger partial charge is 0.287 e. The van der Waals surface area contributed by atoms with Crippen molar-refractivity contribution in [1.29, 1.82) is 0 Å². The minimum Gasteiger partial charge on any atom is -0.385 e. The fourth-order valence-electron chi connectivity index (χ4n) is 2.00. The van der Waals surface area contributed by atoms with E-state index in [-0.39, 0.29) is 17.2 Å². The van der Waals surface area contributed by atoms with Gasteiger partial charge in [0.2, 0.25) is 5.95 Å². The number of anilines is 2. The third-order valence-corrected chi connectivity index (χ3v) is 3.24. The predicted octanol–water partition coefficient (Wildman–Crippen LogP) is 4.57. The molecule has 0 spiro atoms. The Morgan fingerprint density at radius 1 is 1.39 bits per heavy atom. The number of alkyl halides is 2. The van der Waals surface area contributed by atoms with Gasteiger partial charge in [-0.25, -0.2) is 9.97 Å². The zero-order chi connectivity index (χ0) is 17.0. The largest absolute Gasteiger partial charge is 0.385 e. The second-order valence-corrected chi connectivity index (χ2v) is 5.42. The lowest BCUT2D eigenvalue weighted by atomic mass is 10.1. The van der Waals surface area contributed by atoms with Gasteiger partial charge in [0.15, 0.2) is 0 Å². The van der Waals surface area contributed by atoms with Gasteiger partial charge in [0.05, 0.1) is 0 Å². The maximum Gasteiger partial charge on any atom is 0.287 e. The van der Waals surface area contributed by atoms with Crippen LogP contribution < -0.4 is 10.6 Å². The summed E-state index contributed by atoms with van der Waals surface area (Å²) in [6.07, 6.45) is 1.33. The van der Waals surface area contributed by atoms with E-state index in [1.54, 1.807) is 24.3 Å². The van der Waals surface area contributed by atoms with Crippen molar-refractivity contribution in [2.24, 2.45) is 0 Å². The van der Waals surface area contributed by atoms with Gasteiger partial charge in [0, 0.05) is 41.6 Å². The molecule has 0 amide bonds. The van der Waals surface area contributed by atoms with Crippen LogP contribution in [0.1, 0.15) is 25.1 Å². The summed E-state index contributed by atoms with van der Waals surface area (Å²) < 4.78 is 27.8. The van der Waals surface area contributed by atoms with E-state index in [1.165, 1.54) is 6.20 Å². The van der Waals surface area contributed by atoms with Crippen LogP contribution in [0.25, 0.3) is 5.70 Å². The molecule has 1 heterocycles. The topological polar surface area (TPSA) is 49.8 Å². The van der Waals surface area contributed by atoms with Crippen LogP contribution in [0.4, 0.5) is 20.4 Å². The number of hydrogen-bond acceptors (Lipinski definition) is 4. The summed E-state index contributed by atoms with van der Waals surface area (Å²) in [5.41, 5.74) is 0.776. The Bertz CT molecular complexity index is 713. The molecule has 2 aromatic rings. The van der Waals surface area contributed by atoms with Crippen LogP contribution in [-0.2, 0) is 5.92 Å². The highest BCUT2D eigenvalue weighted by atomic mass is 35.5. The molecule has 1 aromatic heterocycles. The lowest BCUT2D eigenvalue weighted by Crippen LogP contribution is -2.19. The van der Waals surface area contributed by atoms with E-state index in [4.69, 9.17) is 11.6 Å². The lowest BCUT2D eigenvalue weighted by molar-refractivity contribution is 0.0124. The van der Waals surface area contributed by atoms with Gasteiger partial charge >= 0.3 is 0 Å². The first-order valence-electron chi connectivity index (χ1n) is 7.02. The quantitative estimate of drug-likeness (QED) is 0.810. The molecule has 0 fully saturated rings. The molecule has 0 aliphatic carbocycles. The van der Waals surface area contributed by atoms with Gasteiger partial charge in [0.1, 0.15) is 5.69 Å². The van der Waals surface area contributed by atoms with Gasteiger partial charge in [0.25, 0.3) is 5.92 Å². The van der Waals surface area contributed by atoms with Crippen LogP contribution in [0, 0.1) is 0 Å². The number of hydrogen-bond donors (Lipinski definition) is 2. The van der Waals surface area contributed by atoms with Crippen LogP contribution in [0.15, 0.2) is 37.0 Å². The van der Waals surface area contributed by atoms with Gasteiger partial charge in [-0.15, -0.1) is 0 Å². The van der Waals surface area contributed by atoms with Crippen molar-refractivity contribution in [3.63, 3.8) is 0 Å². The van der Waals surface area contributed by atoms with E-state index in [9.17, 15) is 8.78 Å². The molecular weight excluding hydrogens is 322 g/mol. The van der Waals surface area contributed by atoms with E-state index in [2.05, 4.69) is 27.2 Å². The number of nitrogens with zero attached hydrogens (tertiary/aromatic N) is 2. The SMILES string of the molecule is C=C(NCC)c1cnc(Nc2cccc(Cl)c2)nc1C(C)(F)F. The van der Waals surface area contributed by atoms with Crippen molar-refractivity contribution in [3.8, 4) is 0 Å². The highest BCUT2D eigenvalue weighted by Gasteiger charge is 2.31. The molecule has 122 valence electrons. The Labute approximate surface area is 138 Å². The first-order chi connectivity index (χ1) is 10.8. The minimum atomic E-state index is -3.12. The van der Waals surface area contributed by atoms with Crippen LogP contribution in [0.3, 0.4) is 0 Å². The molecule has 2 N–H and O–H groups in total. The maximum atomic E-state index is 13.9. The molecule has 0 bridgehead atoms. The fourth-order valence-corrected chi connectivity index (χ4v) is 2.19. The van der Waals surface area contributed by atoms with Crippen molar-refractivity contribution in [2.75, 3.05) is 11.9 Å². The minimum absolute atomic E-state index is 0.0665. The monoisotopic (exact) mass is 338 g/mol. The highest BCUT2D eigenvalue weighted by Crippen LogP contribution is 2.31. The van der Waals surface area contributed by atoms with E-state index in [1.807, 2.05) is 6.92 Å². The van der Waals surface area contributed by atoms with Crippen molar-refractivity contribution in [3.05, 3.63) is 53.3 Å². The molecule has 0 saturated carbocycles. The second-order valence-electron chi connectivity index (χ2n) is 4.99. The third-order valence-electron chi connectivity index (χ3n) is 3.00. The van der Waals surface area contributed by atoms with Crippen molar-refractivity contribution < 1.29 is 8.78 Å². The number of nitrogens with one attached hydrogen (secondary N) is 2. The Kier molecular flexibility index (Phi) is 5.15. The molecular formula is C16H17ClF2N4. The molecule has 23 heavy (non-hydrogen) atoms. The highest BCUT2D eigenvalue weighted by molar-refractivity contribution is 6.30. The molecule has 2 rings (SSSR count). The molecule has 0 aliphatic heterocycles. The van der Waals surface area contributed by atoms with Crippen LogP contribution in [0.5, 0.6) is 0 Å². The molecule has 1 aromatic carbocycles. The fraction of sp³-hybridized carbons (Fsp3) is 0.250. The van der Waals surface area contributed by atoms with E-state index >= 15 is 0 Å². The third kappa shape index (κ3) is 4.39. The first kappa shape index (κ1) is 17.1. The average molecular weight is 339 g/mol. The Morgan fingerprint density at radius 3 is 2.74 bits per heavy atom. The Hall–Kier alpha value is -2.21. The molecule has 0 unspecified atom stereocenters. The average Bonchev–Trinajstić information content (AvgIpc) is 2.46. The summed E-state index contributed by atoms with van der Waals surface area (Å²) in [7, 11) is 0. The normalized spacial score (nSPS) is 11.2. The van der Waals surface area contributed by atoms with Gasteiger partial charge in [-0.2, -0.15) is 8.78 Å². The van der Waals surface area contributed by atoms with E-state index < -0.39 is 5.92 Å². The molecule has 4 nitrogen and oxygen atoms in total. The summed E-state index contributed by atoms with van der Waals surface area (Å²) in [6, 6.07) is 6.84. The number of benzene rings is 1. The van der Waals surface area contributed by atoms with Crippen molar-refractivity contribution >= 4 is 28.9 Å². The lowest BCUT2D eigenvalue weighted by Gasteiger charge is -2.17. The zero-order valence-corrected chi connectivity index (χ0v) is 13.6. The predicted molar refractivity (Wildman–Crippen MR) is 89.0 cm³/mol. The Balaban J connectivity index is 2.38. The summed E-state index contributed by atoms with van der Waals surface area (Å²) in [6.45, 7) is 6.96. The molecule has 7 heteroatoms. The molecule has 0 aliphatic rings.